The second-order valence-electron chi connectivity index (χ2n) is 4.86. The highest BCUT2D eigenvalue weighted by molar-refractivity contribution is 7.89. The molecule has 0 aromatic carbocycles. The SMILES string of the molecule is CCc1nn(C)c(CC)c1S(=O)(=O)N[C@@H]1CCNC1. The molecule has 1 aromatic rings. The molecule has 0 bridgehead atoms. The monoisotopic (exact) mass is 286 g/mol. The number of rotatable bonds is 5. The maximum Gasteiger partial charge on any atom is 0.244 e. The van der Waals surface area contributed by atoms with Gasteiger partial charge in [0.1, 0.15) is 4.90 Å². The second-order valence-corrected chi connectivity index (χ2v) is 6.52. The number of nitrogens with zero attached hydrogens (tertiary/aromatic N) is 2. The molecule has 1 aromatic heterocycles. The van der Waals surface area contributed by atoms with E-state index in [1.807, 2.05) is 13.8 Å². The van der Waals surface area contributed by atoms with Gasteiger partial charge in [-0.15, -0.1) is 0 Å². The van der Waals surface area contributed by atoms with Crippen LogP contribution in [0.4, 0.5) is 0 Å². The summed E-state index contributed by atoms with van der Waals surface area (Å²) in [4.78, 5) is 0.381. The molecule has 0 radical (unpaired) electrons. The molecule has 2 heterocycles. The van der Waals surface area contributed by atoms with E-state index in [0.717, 1.165) is 18.7 Å². The summed E-state index contributed by atoms with van der Waals surface area (Å²) >= 11 is 0. The number of aromatic nitrogens is 2. The standard InChI is InChI=1S/C12H22N4O2S/c1-4-10-12(11(5-2)16(3)14-10)19(17,18)15-9-6-7-13-8-9/h9,13,15H,4-8H2,1-3H3/t9-/m1/s1. The van der Waals surface area contributed by atoms with E-state index in [4.69, 9.17) is 0 Å². The molecule has 0 saturated carbocycles. The summed E-state index contributed by atoms with van der Waals surface area (Å²) in [6.07, 6.45) is 2.11. The number of nitrogens with one attached hydrogen (secondary N) is 2. The van der Waals surface area contributed by atoms with Crippen molar-refractivity contribution in [3.63, 3.8) is 0 Å². The van der Waals surface area contributed by atoms with Crippen molar-refractivity contribution in [3.05, 3.63) is 11.4 Å². The minimum absolute atomic E-state index is 0.0142. The third kappa shape index (κ3) is 2.82. The van der Waals surface area contributed by atoms with Gasteiger partial charge in [-0.05, 0) is 25.8 Å². The number of hydrogen-bond acceptors (Lipinski definition) is 4. The molecule has 1 aliphatic rings. The summed E-state index contributed by atoms with van der Waals surface area (Å²) in [7, 11) is -1.68. The first kappa shape index (κ1) is 14.5. The van der Waals surface area contributed by atoms with Gasteiger partial charge in [0.25, 0.3) is 0 Å². The fourth-order valence-electron chi connectivity index (χ4n) is 2.56. The highest BCUT2D eigenvalue weighted by Gasteiger charge is 2.29. The van der Waals surface area contributed by atoms with E-state index < -0.39 is 10.0 Å². The third-order valence-electron chi connectivity index (χ3n) is 3.51. The number of aryl methyl sites for hydroxylation is 2. The number of sulfonamides is 1. The lowest BCUT2D eigenvalue weighted by molar-refractivity contribution is 0.557. The Morgan fingerprint density at radius 3 is 2.68 bits per heavy atom. The Balaban J connectivity index is 2.38. The van der Waals surface area contributed by atoms with Gasteiger partial charge in [-0.1, -0.05) is 13.8 Å². The van der Waals surface area contributed by atoms with Crippen molar-refractivity contribution in [1.29, 1.82) is 0 Å². The van der Waals surface area contributed by atoms with Crippen molar-refractivity contribution in [1.82, 2.24) is 19.8 Å². The molecule has 1 atom stereocenters. The largest absolute Gasteiger partial charge is 0.315 e. The molecular formula is C12H22N4O2S. The van der Waals surface area contributed by atoms with E-state index in [1.165, 1.54) is 0 Å². The minimum atomic E-state index is -3.48. The third-order valence-corrected chi connectivity index (χ3v) is 5.16. The van der Waals surface area contributed by atoms with Crippen LogP contribution in [0.25, 0.3) is 0 Å². The summed E-state index contributed by atoms with van der Waals surface area (Å²) in [6.45, 7) is 5.44. The smallest absolute Gasteiger partial charge is 0.244 e. The lowest BCUT2D eigenvalue weighted by atomic mass is 10.2. The molecule has 0 amide bonds. The van der Waals surface area contributed by atoms with E-state index in [0.29, 0.717) is 30.0 Å². The van der Waals surface area contributed by atoms with Gasteiger partial charge >= 0.3 is 0 Å². The van der Waals surface area contributed by atoms with Crippen LogP contribution in [0.2, 0.25) is 0 Å². The average Bonchev–Trinajstić information content (AvgIpc) is 2.95. The first-order valence-electron chi connectivity index (χ1n) is 6.77. The summed E-state index contributed by atoms with van der Waals surface area (Å²) in [5.41, 5.74) is 1.42. The van der Waals surface area contributed by atoms with Crippen LogP contribution >= 0.6 is 0 Å². The van der Waals surface area contributed by atoms with Gasteiger partial charge in [-0.3, -0.25) is 4.68 Å². The summed E-state index contributed by atoms with van der Waals surface area (Å²) < 4.78 is 29.6. The summed E-state index contributed by atoms with van der Waals surface area (Å²) in [5, 5.41) is 7.48. The Labute approximate surface area is 114 Å². The van der Waals surface area contributed by atoms with Gasteiger partial charge in [0.2, 0.25) is 10.0 Å². The predicted molar refractivity (Wildman–Crippen MR) is 73.6 cm³/mol. The van der Waals surface area contributed by atoms with Gasteiger partial charge in [-0.2, -0.15) is 5.10 Å². The van der Waals surface area contributed by atoms with Crippen molar-refractivity contribution in [2.45, 2.75) is 44.0 Å². The molecule has 0 aliphatic carbocycles. The maximum absolute atomic E-state index is 12.6. The van der Waals surface area contributed by atoms with Gasteiger partial charge in [0.05, 0.1) is 11.4 Å². The Kier molecular flexibility index (Phi) is 4.27. The van der Waals surface area contributed by atoms with Gasteiger partial charge < -0.3 is 5.32 Å². The normalized spacial score (nSPS) is 20.1. The van der Waals surface area contributed by atoms with Crippen molar-refractivity contribution < 1.29 is 8.42 Å². The Hall–Kier alpha value is -0.920. The fraction of sp³-hybridized carbons (Fsp3) is 0.750. The number of hydrogen-bond donors (Lipinski definition) is 2. The van der Waals surface area contributed by atoms with Crippen LogP contribution in [0.15, 0.2) is 4.90 Å². The first-order chi connectivity index (χ1) is 8.99. The molecule has 2 N–H and O–H groups in total. The van der Waals surface area contributed by atoms with E-state index in [1.54, 1.807) is 11.7 Å². The Morgan fingerprint density at radius 2 is 2.16 bits per heavy atom. The average molecular weight is 286 g/mol. The van der Waals surface area contributed by atoms with Crippen LogP contribution in [0, 0.1) is 0 Å². The lowest BCUT2D eigenvalue weighted by Gasteiger charge is -2.13. The van der Waals surface area contributed by atoms with E-state index in [2.05, 4.69) is 15.1 Å². The van der Waals surface area contributed by atoms with E-state index >= 15 is 0 Å². The van der Waals surface area contributed by atoms with Crippen LogP contribution in [0.3, 0.4) is 0 Å². The van der Waals surface area contributed by atoms with Crippen LogP contribution in [-0.4, -0.2) is 37.3 Å². The topological polar surface area (TPSA) is 76.0 Å². The van der Waals surface area contributed by atoms with Crippen molar-refractivity contribution in [2.24, 2.45) is 7.05 Å². The highest BCUT2D eigenvalue weighted by atomic mass is 32.2. The zero-order valence-corrected chi connectivity index (χ0v) is 12.5. The van der Waals surface area contributed by atoms with Crippen LogP contribution < -0.4 is 10.0 Å². The molecule has 19 heavy (non-hydrogen) atoms. The second kappa shape index (κ2) is 5.60. The van der Waals surface area contributed by atoms with Crippen LogP contribution in [0.1, 0.15) is 31.7 Å². The highest BCUT2D eigenvalue weighted by Crippen LogP contribution is 2.22. The lowest BCUT2D eigenvalue weighted by Crippen LogP contribution is -2.36. The van der Waals surface area contributed by atoms with Crippen molar-refractivity contribution in [2.75, 3.05) is 13.1 Å². The van der Waals surface area contributed by atoms with Gasteiger partial charge in [0.15, 0.2) is 0 Å². The Morgan fingerprint density at radius 1 is 1.42 bits per heavy atom. The van der Waals surface area contributed by atoms with Crippen molar-refractivity contribution >= 4 is 10.0 Å². The zero-order valence-electron chi connectivity index (χ0n) is 11.7. The van der Waals surface area contributed by atoms with Crippen LogP contribution in [-0.2, 0) is 29.9 Å². The minimum Gasteiger partial charge on any atom is -0.315 e. The maximum atomic E-state index is 12.6. The molecule has 7 heteroatoms. The van der Waals surface area contributed by atoms with Gasteiger partial charge in [-0.25, -0.2) is 13.1 Å². The van der Waals surface area contributed by atoms with E-state index in [9.17, 15) is 8.42 Å². The predicted octanol–water partition coefficient (Wildman–Crippen LogP) is 0.185. The molecular weight excluding hydrogens is 264 g/mol. The van der Waals surface area contributed by atoms with E-state index in [-0.39, 0.29) is 6.04 Å². The molecule has 0 unspecified atom stereocenters. The first-order valence-corrected chi connectivity index (χ1v) is 8.25. The molecule has 0 spiro atoms. The zero-order chi connectivity index (χ0) is 14.0. The quantitative estimate of drug-likeness (QED) is 0.810. The van der Waals surface area contributed by atoms with Crippen LogP contribution in [0.5, 0.6) is 0 Å². The van der Waals surface area contributed by atoms with Crippen molar-refractivity contribution in [3.8, 4) is 0 Å². The molecule has 1 fully saturated rings. The molecule has 6 nitrogen and oxygen atoms in total. The Bertz CT molecular complexity index is 544. The molecule has 1 aliphatic heterocycles. The molecule has 108 valence electrons. The molecule has 1 saturated heterocycles. The summed E-state index contributed by atoms with van der Waals surface area (Å²) in [6, 6.07) is -0.0142. The van der Waals surface area contributed by atoms with Gasteiger partial charge in [0, 0.05) is 19.6 Å². The molecule has 2 rings (SSSR count). The summed E-state index contributed by atoms with van der Waals surface area (Å²) in [5.74, 6) is 0. The fourth-order valence-corrected chi connectivity index (χ4v) is 4.40.